The lowest BCUT2D eigenvalue weighted by molar-refractivity contribution is 0.547. The number of rotatable bonds is 6. The summed E-state index contributed by atoms with van der Waals surface area (Å²) in [5, 5.41) is 0. The summed E-state index contributed by atoms with van der Waals surface area (Å²) in [7, 11) is 0. The topological polar surface area (TPSA) is 3.24 Å². The second kappa shape index (κ2) is 7.27. The SMILES string of the molecule is CCC(C)CN(CC)c1ccc(Br)cc1CCl. The first-order valence-electron chi connectivity index (χ1n) is 6.21. The third-order valence-corrected chi connectivity index (χ3v) is 3.92. The molecule has 1 rings (SSSR count). The molecule has 0 N–H and O–H groups in total. The van der Waals surface area contributed by atoms with E-state index in [4.69, 9.17) is 11.6 Å². The van der Waals surface area contributed by atoms with Crippen LogP contribution in [0.25, 0.3) is 0 Å². The highest BCUT2D eigenvalue weighted by Crippen LogP contribution is 2.27. The third kappa shape index (κ3) is 4.18. The molecule has 1 aromatic carbocycles. The standard InChI is InChI=1S/C14H21BrClN/c1-4-11(3)10-17(5-2)14-7-6-13(15)8-12(14)9-16/h6-8,11H,4-5,9-10H2,1-3H3. The van der Waals surface area contributed by atoms with Crippen LogP contribution in [0.4, 0.5) is 5.69 Å². The van der Waals surface area contributed by atoms with E-state index in [9.17, 15) is 0 Å². The second-order valence-electron chi connectivity index (χ2n) is 4.46. The number of benzene rings is 1. The largest absolute Gasteiger partial charge is 0.371 e. The Labute approximate surface area is 118 Å². The third-order valence-electron chi connectivity index (χ3n) is 3.14. The molecule has 1 unspecified atom stereocenters. The molecule has 0 aromatic heterocycles. The van der Waals surface area contributed by atoms with Crippen LogP contribution in [0.5, 0.6) is 0 Å². The zero-order valence-corrected chi connectivity index (χ0v) is 13.2. The van der Waals surface area contributed by atoms with Crippen molar-refractivity contribution >= 4 is 33.2 Å². The van der Waals surface area contributed by atoms with Crippen molar-refractivity contribution in [2.75, 3.05) is 18.0 Å². The molecule has 17 heavy (non-hydrogen) atoms. The molecule has 0 spiro atoms. The van der Waals surface area contributed by atoms with Crippen molar-refractivity contribution in [2.45, 2.75) is 33.1 Å². The molecule has 0 aliphatic rings. The molecular formula is C14H21BrClN. The van der Waals surface area contributed by atoms with E-state index in [1.807, 2.05) is 0 Å². The van der Waals surface area contributed by atoms with Crippen LogP contribution >= 0.6 is 27.5 Å². The van der Waals surface area contributed by atoms with E-state index in [0.29, 0.717) is 11.8 Å². The Morgan fingerprint density at radius 1 is 1.35 bits per heavy atom. The molecule has 0 fully saturated rings. The predicted octanol–water partition coefficient (Wildman–Crippen LogP) is 5.06. The van der Waals surface area contributed by atoms with Crippen LogP contribution in [0, 0.1) is 5.92 Å². The van der Waals surface area contributed by atoms with Crippen LogP contribution < -0.4 is 4.90 Å². The van der Waals surface area contributed by atoms with Gasteiger partial charge in [-0.1, -0.05) is 36.2 Å². The van der Waals surface area contributed by atoms with Crippen molar-refractivity contribution in [2.24, 2.45) is 5.92 Å². The molecule has 1 atom stereocenters. The number of alkyl halides is 1. The Hall–Kier alpha value is -0.210. The van der Waals surface area contributed by atoms with Gasteiger partial charge in [-0.2, -0.15) is 0 Å². The zero-order chi connectivity index (χ0) is 12.8. The van der Waals surface area contributed by atoms with Crippen LogP contribution in [0.2, 0.25) is 0 Å². The average Bonchev–Trinajstić information content (AvgIpc) is 2.35. The Morgan fingerprint density at radius 3 is 2.59 bits per heavy atom. The zero-order valence-electron chi connectivity index (χ0n) is 10.8. The molecule has 0 aliphatic carbocycles. The molecule has 0 radical (unpaired) electrons. The van der Waals surface area contributed by atoms with Crippen molar-refractivity contribution < 1.29 is 0 Å². The normalized spacial score (nSPS) is 12.5. The Bertz CT molecular complexity index is 354. The van der Waals surface area contributed by atoms with Crippen LogP contribution in [-0.2, 0) is 5.88 Å². The molecule has 96 valence electrons. The maximum absolute atomic E-state index is 6.03. The van der Waals surface area contributed by atoms with E-state index >= 15 is 0 Å². The molecule has 0 saturated heterocycles. The van der Waals surface area contributed by atoms with Gasteiger partial charge in [0.15, 0.2) is 0 Å². The van der Waals surface area contributed by atoms with E-state index in [0.717, 1.165) is 17.6 Å². The summed E-state index contributed by atoms with van der Waals surface area (Å²) in [6, 6.07) is 6.36. The smallest absolute Gasteiger partial charge is 0.0494 e. The van der Waals surface area contributed by atoms with E-state index in [1.165, 1.54) is 17.7 Å². The molecule has 1 nitrogen and oxygen atoms in total. The van der Waals surface area contributed by atoms with Gasteiger partial charge in [-0.05, 0) is 36.6 Å². The van der Waals surface area contributed by atoms with Gasteiger partial charge < -0.3 is 4.90 Å². The van der Waals surface area contributed by atoms with Crippen LogP contribution in [0.15, 0.2) is 22.7 Å². The number of nitrogens with zero attached hydrogens (tertiary/aromatic N) is 1. The van der Waals surface area contributed by atoms with Crippen molar-refractivity contribution in [1.82, 2.24) is 0 Å². The van der Waals surface area contributed by atoms with Crippen molar-refractivity contribution in [3.05, 3.63) is 28.2 Å². The number of hydrogen-bond donors (Lipinski definition) is 0. The van der Waals surface area contributed by atoms with Crippen LogP contribution in [-0.4, -0.2) is 13.1 Å². The molecule has 0 heterocycles. The maximum atomic E-state index is 6.03. The number of anilines is 1. The van der Waals surface area contributed by atoms with E-state index in [-0.39, 0.29) is 0 Å². The van der Waals surface area contributed by atoms with Gasteiger partial charge in [-0.25, -0.2) is 0 Å². The molecule has 0 bridgehead atoms. The fraction of sp³-hybridized carbons (Fsp3) is 0.571. The minimum Gasteiger partial charge on any atom is -0.371 e. The molecule has 0 aliphatic heterocycles. The highest BCUT2D eigenvalue weighted by atomic mass is 79.9. The molecule has 3 heteroatoms. The molecule has 1 aromatic rings. The fourth-order valence-corrected chi connectivity index (χ4v) is 2.50. The lowest BCUT2D eigenvalue weighted by Gasteiger charge is -2.28. The highest BCUT2D eigenvalue weighted by Gasteiger charge is 2.12. The van der Waals surface area contributed by atoms with Crippen molar-refractivity contribution in [3.8, 4) is 0 Å². The predicted molar refractivity (Wildman–Crippen MR) is 81.0 cm³/mol. The Kier molecular flexibility index (Phi) is 6.35. The molecule has 0 saturated carbocycles. The summed E-state index contributed by atoms with van der Waals surface area (Å²) in [5.41, 5.74) is 2.47. The summed E-state index contributed by atoms with van der Waals surface area (Å²) >= 11 is 9.52. The van der Waals surface area contributed by atoms with Gasteiger partial charge in [0.1, 0.15) is 0 Å². The first-order valence-corrected chi connectivity index (χ1v) is 7.54. The van der Waals surface area contributed by atoms with Crippen molar-refractivity contribution in [3.63, 3.8) is 0 Å². The molecular weight excluding hydrogens is 298 g/mol. The lowest BCUT2D eigenvalue weighted by atomic mass is 10.1. The number of halogens is 2. The van der Waals surface area contributed by atoms with Gasteiger partial charge >= 0.3 is 0 Å². The summed E-state index contributed by atoms with van der Waals surface area (Å²) in [6.45, 7) is 8.85. The monoisotopic (exact) mass is 317 g/mol. The second-order valence-corrected chi connectivity index (χ2v) is 5.64. The highest BCUT2D eigenvalue weighted by molar-refractivity contribution is 9.10. The van der Waals surface area contributed by atoms with Crippen LogP contribution in [0.3, 0.4) is 0 Å². The average molecular weight is 319 g/mol. The Morgan fingerprint density at radius 2 is 2.06 bits per heavy atom. The Balaban J connectivity index is 2.94. The summed E-state index contributed by atoms with van der Waals surface area (Å²) < 4.78 is 1.09. The summed E-state index contributed by atoms with van der Waals surface area (Å²) in [6.07, 6.45) is 1.21. The summed E-state index contributed by atoms with van der Waals surface area (Å²) in [5.74, 6) is 1.27. The van der Waals surface area contributed by atoms with Gasteiger partial charge in [0.25, 0.3) is 0 Å². The van der Waals surface area contributed by atoms with E-state index < -0.39 is 0 Å². The first-order chi connectivity index (χ1) is 8.12. The minimum atomic E-state index is 0.561. The van der Waals surface area contributed by atoms with Gasteiger partial charge in [-0.3, -0.25) is 0 Å². The van der Waals surface area contributed by atoms with Gasteiger partial charge in [0.05, 0.1) is 0 Å². The summed E-state index contributed by atoms with van der Waals surface area (Å²) in [4.78, 5) is 2.42. The van der Waals surface area contributed by atoms with E-state index in [2.05, 4.69) is 59.8 Å². The first kappa shape index (κ1) is 14.8. The fourth-order valence-electron chi connectivity index (χ4n) is 1.87. The molecule has 0 amide bonds. The lowest BCUT2D eigenvalue weighted by Crippen LogP contribution is -2.28. The van der Waals surface area contributed by atoms with E-state index in [1.54, 1.807) is 0 Å². The quantitative estimate of drug-likeness (QED) is 0.663. The maximum Gasteiger partial charge on any atom is 0.0494 e. The van der Waals surface area contributed by atoms with Gasteiger partial charge in [0, 0.05) is 29.1 Å². The van der Waals surface area contributed by atoms with Crippen LogP contribution in [0.1, 0.15) is 32.8 Å². The van der Waals surface area contributed by atoms with Gasteiger partial charge in [0.2, 0.25) is 0 Å². The van der Waals surface area contributed by atoms with Crippen molar-refractivity contribution in [1.29, 1.82) is 0 Å². The number of hydrogen-bond acceptors (Lipinski definition) is 1. The minimum absolute atomic E-state index is 0.561. The van der Waals surface area contributed by atoms with Gasteiger partial charge in [-0.15, -0.1) is 11.6 Å².